The van der Waals surface area contributed by atoms with Crippen molar-refractivity contribution >= 4 is 23.9 Å². The molecule has 9 heteroatoms. The van der Waals surface area contributed by atoms with Crippen LogP contribution < -0.4 is 0 Å². The minimum atomic E-state index is -0.707. The lowest BCUT2D eigenvalue weighted by Crippen LogP contribution is -2.45. The molecule has 0 unspecified atom stereocenters. The van der Waals surface area contributed by atoms with Crippen LogP contribution in [0.3, 0.4) is 0 Å². The Balaban J connectivity index is 1.42. The van der Waals surface area contributed by atoms with Gasteiger partial charge in [-0.3, -0.25) is 4.90 Å². The molecule has 1 saturated heterocycles. The summed E-state index contributed by atoms with van der Waals surface area (Å²) in [7, 11) is 0. The number of likely N-dealkylation sites (tertiary alicyclic amines) is 1. The molecule has 3 rings (SSSR count). The molecule has 1 aliphatic heterocycles. The molecule has 0 radical (unpaired) electrons. The van der Waals surface area contributed by atoms with E-state index in [1.807, 2.05) is 60.7 Å². The number of piperidine rings is 1. The van der Waals surface area contributed by atoms with Crippen molar-refractivity contribution in [2.75, 3.05) is 26.3 Å². The van der Waals surface area contributed by atoms with Gasteiger partial charge < -0.3 is 18.9 Å². The van der Waals surface area contributed by atoms with Gasteiger partial charge in [0.15, 0.2) is 0 Å². The van der Waals surface area contributed by atoms with E-state index in [1.165, 1.54) is 0 Å². The third-order valence-electron chi connectivity index (χ3n) is 5.90. The fourth-order valence-electron chi connectivity index (χ4n) is 3.82. The summed E-state index contributed by atoms with van der Waals surface area (Å²) in [4.78, 5) is 50.2. The summed E-state index contributed by atoms with van der Waals surface area (Å²) < 4.78 is 20.8. The van der Waals surface area contributed by atoms with Crippen molar-refractivity contribution in [3.63, 3.8) is 0 Å². The minimum absolute atomic E-state index is 0.0294. The first-order valence-electron chi connectivity index (χ1n) is 12.8. The van der Waals surface area contributed by atoms with Crippen LogP contribution in [0.5, 0.6) is 0 Å². The number of ether oxygens (including phenoxy) is 4. The number of carbonyl (C=O) groups excluding carboxylic acids is 4. The second-order valence-electron chi connectivity index (χ2n) is 8.86. The van der Waals surface area contributed by atoms with Crippen LogP contribution in [0, 0.1) is 0 Å². The van der Waals surface area contributed by atoms with Crippen LogP contribution in [0.15, 0.2) is 85.0 Å². The third-order valence-corrected chi connectivity index (χ3v) is 5.90. The molecule has 0 saturated carbocycles. The van der Waals surface area contributed by atoms with Gasteiger partial charge in [0.1, 0.15) is 26.4 Å². The van der Waals surface area contributed by atoms with E-state index in [1.54, 1.807) is 0 Å². The van der Waals surface area contributed by atoms with Crippen molar-refractivity contribution in [3.8, 4) is 0 Å². The van der Waals surface area contributed by atoms with Crippen LogP contribution in [-0.2, 0) is 51.3 Å². The van der Waals surface area contributed by atoms with E-state index < -0.39 is 23.9 Å². The Morgan fingerprint density at radius 1 is 0.590 bits per heavy atom. The number of rotatable bonds is 13. The maximum Gasteiger partial charge on any atom is 0.331 e. The normalized spacial score (nSPS) is 13.9. The van der Waals surface area contributed by atoms with Crippen LogP contribution >= 0.6 is 0 Å². The highest BCUT2D eigenvalue weighted by Gasteiger charge is 2.23. The summed E-state index contributed by atoms with van der Waals surface area (Å²) in [5.74, 6) is -2.74. The standard InChI is InChI=1S/C30H33NO8/c32-27(36-20-24-10-4-1-5-11-24)14-16-29(34)38-22-26(31-18-8-3-9-19-31)23-39-30(35)17-15-28(33)37-21-25-12-6-2-7-13-25/h1-2,4-7,10-17,26H,3,8-9,18-23H2/b16-14+,17-15+. The molecule has 0 atom stereocenters. The molecule has 2 aromatic rings. The van der Waals surface area contributed by atoms with Crippen LogP contribution in [-0.4, -0.2) is 61.1 Å². The summed E-state index contributed by atoms with van der Waals surface area (Å²) in [6, 6.07) is 18.0. The van der Waals surface area contributed by atoms with E-state index in [2.05, 4.69) is 4.90 Å². The first-order valence-corrected chi connectivity index (χ1v) is 12.8. The van der Waals surface area contributed by atoms with Crippen molar-refractivity contribution in [1.29, 1.82) is 0 Å². The Labute approximate surface area is 228 Å². The second kappa shape index (κ2) is 16.6. The third kappa shape index (κ3) is 11.8. The fraction of sp³-hybridized carbons (Fsp3) is 0.333. The number of esters is 4. The molecule has 1 aliphatic rings. The lowest BCUT2D eigenvalue weighted by atomic mass is 10.1. The zero-order valence-electron chi connectivity index (χ0n) is 21.7. The summed E-state index contributed by atoms with van der Waals surface area (Å²) in [6.45, 7) is 1.70. The van der Waals surface area contributed by atoms with Crippen molar-refractivity contribution in [3.05, 3.63) is 96.1 Å². The SMILES string of the molecule is O=C(/C=C/C(=O)OCC(COC(=O)/C=C/C(=O)OCc1ccccc1)N1CCCCC1)OCc1ccccc1. The molecule has 0 aliphatic carbocycles. The first kappa shape index (κ1) is 29.3. The van der Waals surface area contributed by atoms with Crippen molar-refractivity contribution in [2.45, 2.75) is 38.5 Å². The van der Waals surface area contributed by atoms with Gasteiger partial charge in [0.25, 0.3) is 0 Å². The monoisotopic (exact) mass is 535 g/mol. The van der Waals surface area contributed by atoms with E-state index in [0.29, 0.717) is 0 Å². The Morgan fingerprint density at radius 3 is 1.38 bits per heavy atom. The van der Waals surface area contributed by atoms with Crippen molar-refractivity contribution < 1.29 is 38.1 Å². The Kier molecular flexibility index (Phi) is 12.5. The predicted molar refractivity (Wildman–Crippen MR) is 142 cm³/mol. The van der Waals surface area contributed by atoms with E-state index in [4.69, 9.17) is 18.9 Å². The molecular weight excluding hydrogens is 502 g/mol. The van der Waals surface area contributed by atoms with E-state index in [9.17, 15) is 19.2 Å². The fourth-order valence-corrected chi connectivity index (χ4v) is 3.82. The zero-order chi connectivity index (χ0) is 27.7. The molecule has 0 aromatic heterocycles. The Bertz CT molecular complexity index is 1040. The first-order chi connectivity index (χ1) is 19.0. The van der Waals surface area contributed by atoms with E-state index in [0.717, 1.165) is 67.8 Å². The largest absolute Gasteiger partial charge is 0.461 e. The smallest absolute Gasteiger partial charge is 0.331 e. The van der Waals surface area contributed by atoms with Gasteiger partial charge in [-0.05, 0) is 37.1 Å². The highest BCUT2D eigenvalue weighted by atomic mass is 16.6. The number of hydrogen-bond acceptors (Lipinski definition) is 9. The molecule has 1 heterocycles. The van der Waals surface area contributed by atoms with Gasteiger partial charge in [-0.15, -0.1) is 0 Å². The van der Waals surface area contributed by atoms with E-state index in [-0.39, 0.29) is 32.5 Å². The maximum absolute atomic E-state index is 12.2. The van der Waals surface area contributed by atoms with Crippen molar-refractivity contribution in [1.82, 2.24) is 4.90 Å². The molecule has 206 valence electrons. The van der Waals surface area contributed by atoms with Crippen LogP contribution in [0.25, 0.3) is 0 Å². The highest BCUT2D eigenvalue weighted by Crippen LogP contribution is 2.13. The molecule has 2 aromatic carbocycles. The summed E-state index contributed by atoms with van der Waals surface area (Å²) in [6.07, 6.45) is 7.13. The predicted octanol–water partition coefficient (Wildman–Crippen LogP) is 3.53. The molecule has 0 N–H and O–H groups in total. The Morgan fingerprint density at radius 2 is 0.974 bits per heavy atom. The lowest BCUT2D eigenvalue weighted by molar-refractivity contribution is -0.145. The van der Waals surface area contributed by atoms with Gasteiger partial charge in [-0.2, -0.15) is 0 Å². The minimum Gasteiger partial charge on any atom is -0.461 e. The summed E-state index contributed by atoms with van der Waals surface area (Å²) in [5.41, 5.74) is 1.67. The number of benzene rings is 2. The average molecular weight is 536 g/mol. The lowest BCUT2D eigenvalue weighted by Gasteiger charge is -2.33. The van der Waals surface area contributed by atoms with Gasteiger partial charge in [-0.1, -0.05) is 67.1 Å². The highest BCUT2D eigenvalue weighted by molar-refractivity contribution is 5.92. The maximum atomic E-state index is 12.2. The number of hydrogen-bond donors (Lipinski definition) is 0. The van der Waals surface area contributed by atoms with E-state index >= 15 is 0 Å². The molecular formula is C30H33NO8. The number of nitrogens with zero attached hydrogens (tertiary/aromatic N) is 1. The molecule has 0 spiro atoms. The topological polar surface area (TPSA) is 108 Å². The van der Waals surface area contributed by atoms with Gasteiger partial charge in [0.05, 0.1) is 6.04 Å². The molecule has 0 bridgehead atoms. The van der Waals surface area contributed by atoms with Gasteiger partial charge in [0.2, 0.25) is 0 Å². The van der Waals surface area contributed by atoms with Crippen LogP contribution in [0.1, 0.15) is 30.4 Å². The molecule has 1 fully saturated rings. The average Bonchev–Trinajstić information content (AvgIpc) is 2.98. The quantitative estimate of drug-likeness (QED) is 0.216. The summed E-state index contributed by atoms with van der Waals surface area (Å²) >= 11 is 0. The second-order valence-corrected chi connectivity index (χ2v) is 8.86. The Hall–Kier alpha value is -4.24. The molecule has 0 amide bonds. The molecule has 39 heavy (non-hydrogen) atoms. The summed E-state index contributed by atoms with van der Waals surface area (Å²) in [5, 5.41) is 0. The van der Waals surface area contributed by atoms with Gasteiger partial charge in [0, 0.05) is 24.3 Å². The van der Waals surface area contributed by atoms with Crippen molar-refractivity contribution in [2.24, 2.45) is 0 Å². The van der Waals surface area contributed by atoms with Crippen LogP contribution in [0.2, 0.25) is 0 Å². The van der Waals surface area contributed by atoms with Gasteiger partial charge >= 0.3 is 23.9 Å². The molecule has 9 nitrogen and oxygen atoms in total. The number of carbonyl (C=O) groups is 4. The van der Waals surface area contributed by atoms with Gasteiger partial charge in [-0.25, -0.2) is 19.2 Å². The zero-order valence-corrected chi connectivity index (χ0v) is 21.7. The van der Waals surface area contributed by atoms with Crippen LogP contribution in [0.4, 0.5) is 0 Å².